The van der Waals surface area contributed by atoms with Crippen LogP contribution in [0.15, 0.2) is 48.5 Å². The number of ether oxygens (including phenoxy) is 2. The number of amides is 3. The number of nitrogens with one attached hydrogen (secondary N) is 2. The summed E-state index contributed by atoms with van der Waals surface area (Å²) in [5, 5.41) is 10.7. The number of aryl methyl sites for hydroxylation is 2. The molecular weight excluding hydrogens is 482 g/mol. The summed E-state index contributed by atoms with van der Waals surface area (Å²) in [5.74, 6) is 0.923. The minimum Gasteiger partial charge on any atom is -0.497 e. The molecule has 9 heteroatoms. The van der Waals surface area contributed by atoms with Crippen LogP contribution in [-0.4, -0.2) is 60.5 Å². The summed E-state index contributed by atoms with van der Waals surface area (Å²) in [4.78, 5) is 27.8. The molecule has 3 aromatic rings. The first kappa shape index (κ1) is 28.7. The first-order valence-electron chi connectivity index (χ1n) is 12.7. The second-order valence-corrected chi connectivity index (χ2v) is 10.3. The molecule has 0 saturated carbocycles. The SMILES string of the molecule is COCCCN(CC(=O)Nc1cc(C(C)(C)C)nn1-c1ccc(C)cc1C)C(=O)Nc1ccc(OC)cc1. The molecule has 0 spiro atoms. The Hall–Kier alpha value is -3.85. The van der Waals surface area contributed by atoms with E-state index in [1.807, 2.05) is 32.0 Å². The van der Waals surface area contributed by atoms with Crippen molar-refractivity contribution in [3.8, 4) is 11.4 Å². The van der Waals surface area contributed by atoms with Crippen molar-refractivity contribution < 1.29 is 19.1 Å². The Balaban J connectivity index is 1.82. The fourth-order valence-electron chi connectivity index (χ4n) is 3.95. The van der Waals surface area contributed by atoms with Crippen molar-refractivity contribution in [2.24, 2.45) is 0 Å². The summed E-state index contributed by atoms with van der Waals surface area (Å²) in [6, 6.07) is 14.6. The fraction of sp³-hybridized carbons (Fsp3) is 0.414. The standard InChI is InChI=1S/C29H39N5O4/c1-20-9-14-24(21(2)17-20)34-26(18-25(32-34)29(3,4)5)31-27(35)19-33(15-8-16-37-6)28(36)30-22-10-12-23(38-7)13-11-22/h9-14,17-18H,8,15-16,19H2,1-7H3,(H,30,36)(H,31,35). The van der Waals surface area contributed by atoms with Gasteiger partial charge in [-0.25, -0.2) is 9.48 Å². The van der Waals surface area contributed by atoms with E-state index in [2.05, 4.69) is 37.5 Å². The highest BCUT2D eigenvalue weighted by Crippen LogP contribution is 2.28. The highest BCUT2D eigenvalue weighted by atomic mass is 16.5. The van der Waals surface area contributed by atoms with Gasteiger partial charge in [-0.05, 0) is 56.2 Å². The van der Waals surface area contributed by atoms with Gasteiger partial charge in [-0.3, -0.25) is 4.79 Å². The molecule has 0 unspecified atom stereocenters. The zero-order valence-electron chi connectivity index (χ0n) is 23.4. The largest absolute Gasteiger partial charge is 0.497 e. The summed E-state index contributed by atoms with van der Waals surface area (Å²) >= 11 is 0. The number of nitrogens with zero attached hydrogens (tertiary/aromatic N) is 3. The molecule has 2 N–H and O–H groups in total. The monoisotopic (exact) mass is 521 g/mol. The summed E-state index contributed by atoms with van der Waals surface area (Å²) < 4.78 is 12.1. The minimum atomic E-state index is -0.375. The third kappa shape index (κ3) is 7.58. The predicted octanol–water partition coefficient (Wildman–Crippen LogP) is 5.30. The Morgan fingerprint density at radius 3 is 2.32 bits per heavy atom. The molecule has 1 aromatic heterocycles. The minimum absolute atomic E-state index is 0.130. The van der Waals surface area contributed by atoms with Crippen LogP contribution in [-0.2, 0) is 14.9 Å². The molecule has 0 bridgehead atoms. The van der Waals surface area contributed by atoms with Gasteiger partial charge in [0.1, 0.15) is 18.1 Å². The van der Waals surface area contributed by atoms with Crippen molar-refractivity contribution >= 4 is 23.4 Å². The third-order valence-electron chi connectivity index (χ3n) is 6.07. The maximum atomic E-state index is 13.3. The van der Waals surface area contributed by atoms with E-state index in [9.17, 15) is 9.59 Å². The van der Waals surface area contributed by atoms with E-state index in [0.717, 1.165) is 22.5 Å². The number of urea groups is 1. The van der Waals surface area contributed by atoms with Crippen molar-refractivity contribution in [2.45, 2.75) is 46.5 Å². The van der Waals surface area contributed by atoms with Gasteiger partial charge in [-0.1, -0.05) is 38.5 Å². The molecule has 9 nitrogen and oxygen atoms in total. The third-order valence-corrected chi connectivity index (χ3v) is 6.07. The first-order chi connectivity index (χ1) is 18.0. The molecule has 0 atom stereocenters. The van der Waals surface area contributed by atoms with Gasteiger partial charge in [-0.15, -0.1) is 0 Å². The number of carbonyl (C=O) groups excluding carboxylic acids is 2. The van der Waals surface area contributed by atoms with Gasteiger partial charge in [0.25, 0.3) is 0 Å². The van der Waals surface area contributed by atoms with Crippen LogP contribution in [0, 0.1) is 13.8 Å². The van der Waals surface area contributed by atoms with Crippen LogP contribution < -0.4 is 15.4 Å². The van der Waals surface area contributed by atoms with Crippen LogP contribution in [0.25, 0.3) is 5.69 Å². The topological polar surface area (TPSA) is 97.7 Å². The molecule has 2 aromatic carbocycles. The summed E-state index contributed by atoms with van der Waals surface area (Å²) in [6.07, 6.45) is 0.592. The van der Waals surface area contributed by atoms with Gasteiger partial charge < -0.3 is 25.0 Å². The number of rotatable bonds is 10. The number of methoxy groups -OCH3 is 2. The fourth-order valence-corrected chi connectivity index (χ4v) is 3.95. The number of hydrogen-bond acceptors (Lipinski definition) is 5. The maximum Gasteiger partial charge on any atom is 0.322 e. The lowest BCUT2D eigenvalue weighted by atomic mass is 9.92. The maximum absolute atomic E-state index is 13.3. The van der Waals surface area contributed by atoms with Gasteiger partial charge in [0.05, 0.1) is 18.5 Å². The van der Waals surface area contributed by atoms with Crippen molar-refractivity contribution in [3.05, 3.63) is 65.4 Å². The number of benzene rings is 2. The van der Waals surface area contributed by atoms with Crippen molar-refractivity contribution in [2.75, 3.05) is 44.5 Å². The van der Waals surface area contributed by atoms with Crippen LogP contribution in [0.2, 0.25) is 0 Å². The molecular formula is C29H39N5O4. The molecule has 0 aliphatic heterocycles. The lowest BCUT2D eigenvalue weighted by Crippen LogP contribution is -2.41. The van der Waals surface area contributed by atoms with Gasteiger partial charge in [0.2, 0.25) is 5.91 Å². The molecule has 0 aliphatic rings. The van der Waals surface area contributed by atoms with Crippen molar-refractivity contribution in [1.82, 2.24) is 14.7 Å². The number of aromatic nitrogens is 2. The van der Waals surface area contributed by atoms with Gasteiger partial charge in [-0.2, -0.15) is 5.10 Å². The van der Waals surface area contributed by atoms with E-state index in [0.29, 0.717) is 36.8 Å². The molecule has 1 heterocycles. The number of carbonyl (C=O) groups is 2. The van der Waals surface area contributed by atoms with E-state index in [4.69, 9.17) is 14.6 Å². The smallest absolute Gasteiger partial charge is 0.322 e. The average Bonchev–Trinajstić information content (AvgIpc) is 3.28. The van der Waals surface area contributed by atoms with E-state index >= 15 is 0 Å². The van der Waals surface area contributed by atoms with Crippen LogP contribution in [0.4, 0.5) is 16.3 Å². The Labute approximate surface area is 225 Å². The highest BCUT2D eigenvalue weighted by molar-refractivity contribution is 5.96. The van der Waals surface area contributed by atoms with Crippen molar-refractivity contribution in [1.29, 1.82) is 0 Å². The average molecular weight is 522 g/mol. The number of anilines is 2. The quantitative estimate of drug-likeness (QED) is 0.353. The lowest BCUT2D eigenvalue weighted by molar-refractivity contribution is -0.116. The van der Waals surface area contributed by atoms with Gasteiger partial charge >= 0.3 is 6.03 Å². The van der Waals surface area contributed by atoms with Crippen LogP contribution in [0.1, 0.15) is 44.0 Å². The van der Waals surface area contributed by atoms with Gasteiger partial charge in [0.15, 0.2) is 0 Å². The second-order valence-electron chi connectivity index (χ2n) is 10.3. The Morgan fingerprint density at radius 1 is 1.00 bits per heavy atom. The van der Waals surface area contributed by atoms with Crippen LogP contribution >= 0.6 is 0 Å². The molecule has 3 amide bonds. The van der Waals surface area contributed by atoms with Gasteiger partial charge in [0, 0.05) is 37.4 Å². The van der Waals surface area contributed by atoms with Crippen LogP contribution in [0.5, 0.6) is 5.75 Å². The second kappa shape index (κ2) is 12.6. The first-order valence-corrected chi connectivity index (χ1v) is 12.7. The summed E-state index contributed by atoms with van der Waals surface area (Å²) in [7, 11) is 3.19. The van der Waals surface area contributed by atoms with Crippen molar-refractivity contribution in [3.63, 3.8) is 0 Å². The molecule has 0 aliphatic carbocycles. The molecule has 0 fully saturated rings. The number of hydrogen-bond donors (Lipinski definition) is 2. The molecule has 0 saturated heterocycles. The zero-order chi connectivity index (χ0) is 27.9. The van der Waals surface area contributed by atoms with E-state index < -0.39 is 0 Å². The van der Waals surface area contributed by atoms with Crippen LogP contribution in [0.3, 0.4) is 0 Å². The molecule has 204 valence electrons. The lowest BCUT2D eigenvalue weighted by Gasteiger charge is -2.23. The Kier molecular flexibility index (Phi) is 9.52. The molecule has 0 radical (unpaired) electrons. The van der Waals surface area contributed by atoms with E-state index in [1.165, 1.54) is 4.90 Å². The molecule has 3 rings (SSSR count). The Morgan fingerprint density at radius 2 is 1.71 bits per heavy atom. The van der Waals surface area contributed by atoms with E-state index in [-0.39, 0.29) is 23.9 Å². The highest BCUT2D eigenvalue weighted by Gasteiger charge is 2.23. The van der Waals surface area contributed by atoms with E-state index in [1.54, 1.807) is 43.2 Å². The predicted molar refractivity (Wildman–Crippen MR) is 150 cm³/mol. The molecule has 38 heavy (non-hydrogen) atoms. The zero-order valence-corrected chi connectivity index (χ0v) is 23.4. The summed E-state index contributed by atoms with van der Waals surface area (Å²) in [5.41, 5.74) is 4.32. The Bertz CT molecular complexity index is 1240. The summed E-state index contributed by atoms with van der Waals surface area (Å²) in [6.45, 7) is 11.0. The normalized spacial score (nSPS) is 11.2.